The molecule has 2 heterocycles. The number of nitrogens with zero attached hydrogens (tertiary/aromatic N) is 3. The summed E-state index contributed by atoms with van der Waals surface area (Å²) in [5.41, 5.74) is 2.44. The van der Waals surface area contributed by atoms with Crippen molar-refractivity contribution < 1.29 is 4.39 Å². The van der Waals surface area contributed by atoms with E-state index in [4.69, 9.17) is 0 Å². The highest BCUT2D eigenvalue weighted by Crippen LogP contribution is 2.28. The quantitative estimate of drug-likeness (QED) is 0.564. The molecule has 5 nitrogen and oxygen atoms in total. The van der Waals surface area contributed by atoms with Crippen molar-refractivity contribution in [3.05, 3.63) is 59.1 Å². The van der Waals surface area contributed by atoms with Crippen LogP contribution in [0.25, 0.3) is 11.3 Å². The number of anilines is 3. The molecule has 0 fully saturated rings. The van der Waals surface area contributed by atoms with Crippen LogP contribution in [-0.2, 0) is 0 Å². The summed E-state index contributed by atoms with van der Waals surface area (Å²) in [5, 5.41) is 6.52. The number of aromatic nitrogens is 3. The van der Waals surface area contributed by atoms with Crippen LogP contribution in [0, 0.1) is 5.82 Å². The number of nitrogens with one attached hydrogen (secondary N) is 2. The smallest absolute Gasteiger partial charge is 0.225 e. The Morgan fingerprint density at radius 3 is 2.58 bits per heavy atom. The van der Waals surface area contributed by atoms with Crippen LogP contribution in [0.5, 0.6) is 0 Å². The van der Waals surface area contributed by atoms with E-state index in [1.165, 1.54) is 12.1 Å². The van der Waals surface area contributed by atoms with Gasteiger partial charge in [0.05, 0.1) is 11.4 Å². The molecule has 1 atom stereocenters. The summed E-state index contributed by atoms with van der Waals surface area (Å²) in [6.07, 6.45) is 4.40. The highest BCUT2D eigenvalue weighted by Gasteiger charge is 2.10. The van der Waals surface area contributed by atoms with Crippen molar-refractivity contribution in [1.82, 2.24) is 15.0 Å². The van der Waals surface area contributed by atoms with Crippen LogP contribution >= 0.6 is 15.9 Å². The summed E-state index contributed by atoms with van der Waals surface area (Å²) in [4.78, 5) is 13.2. The Kier molecular flexibility index (Phi) is 5.78. The third kappa shape index (κ3) is 4.54. The molecule has 2 N–H and O–H groups in total. The van der Waals surface area contributed by atoms with Crippen LogP contribution in [0.3, 0.4) is 0 Å². The molecule has 0 radical (unpaired) electrons. The van der Waals surface area contributed by atoms with Crippen molar-refractivity contribution in [2.45, 2.75) is 26.3 Å². The molecule has 1 aromatic carbocycles. The molecule has 0 saturated carbocycles. The van der Waals surface area contributed by atoms with Gasteiger partial charge in [0.1, 0.15) is 11.6 Å². The number of halogens is 2. The lowest BCUT2D eigenvalue weighted by Gasteiger charge is -2.15. The van der Waals surface area contributed by atoms with Crippen LogP contribution in [0.2, 0.25) is 0 Å². The highest BCUT2D eigenvalue weighted by molar-refractivity contribution is 9.10. The van der Waals surface area contributed by atoms with E-state index in [9.17, 15) is 4.39 Å². The van der Waals surface area contributed by atoms with Crippen molar-refractivity contribution in [3.63, 3.8) is 0 Å². The van der Waals surface area contributed by atoms with E-state index in [0.717, 1.165) is 23.4 Å². The fraction of sp³-hybridized carbons (Fsp3) is 0.211. The number of pyridine rings is 1. The third-order valence-electron chi connectivity index (χ3n) is 3.88. The first-order valence-corrected chi connectivity index (χ1v) is 9.12. The van der Waals surface area contributed by atoms with Crippen LogP contribution in [0.1, 0.15) is 20.3 Å². The van der Waals surface area contributed by atoms with Crippen molar-refractivity contribution in [2.24, 2.45) is 0 Å². The Morgan fingerprint density at radius 2 is 1.88 bits per heavy atom. The largest absolute Gasteiger partial charge is 0.352 e. The average molecular weight is 416 g/mol. The minimum Gasteiger partial charge on any atom is -0.352 e. The Morgan fingerprint density at radius 1 is 1.12 bits per heavy atom. The Labute approximate surface area is 160 Å². The predicted octanol–water partition coefficient (Wildman–Crippen LogP) is 5.39. The minimum absolute atomic E-state index is 0.244. The average Bonchev–Trinajstić information content (AvgIpc) is 2.64. The van der Waals surface area contributed by atoms with Crippen molar-refractivity contribution in [3.8, 4) is 11.3 Å². The summed E-state index contributed by atoms with van der Waals surface area (Å²) in [6.45, 7) is 4.17. The topological polar surface area (TPSA) is 62.7 Å². The standard InChI is InChI=1S/C19H19BrFN5/c1-3-12(2)23-19-25-17(13-6-8-22-9-7-13)11-18(26-19)24-16-5-4-14(21)10-15(16)20/h4-12H,3H2,1-2H3,(H2,23,24,25,26)/t12-/m0/s1. The molecule has 134 valence electrons. The zero-order valence-electron chi connectivity index (χ0n) is 14.5. The fourth-order valence-electron chi connectivity index (χ4n) is 2.30. The Balaban J connectivity index is 1.98. The summed E-state index contributed by atoms with van der Waals surface area (Å²) in [6, 6.07) is 10.4. The first-order chi connectivity index (χ1) is 12.5. The number of hydrogen-bond donors (Lipinski definition) is 2. The second-order valence-corrected chi connectivity index (χ2v) is 6.76. The summed E-state index contributed by atoms with van der Waals surface area (Å²) < 4.78 is 13.9. The van der Waals surface area contributed by atoms with Gasteiger partial charge in [-0.1, -0.05) is 6.92 Å². The van der Waals surface area contributed by atoms with Gasteiger partial charge < -0.3 is 10.6 Å². The molecule has 2 aromatic heterocycles. The molecule has 0 saturated heterocycles. The first kappa shape index (κ1) is 18.3. The second-order valence-electron chi connectivity index (χ2n) is 5.90. The maximum atomic E-state index is 13.3. The number of hydrogen-bond acceptors (Lipinski definition) is 5. The van der Waals surface area contributed by atoms with Gasteiger partial charge in [0, 0.05) is 34.5 Å². The molecule has 0 aliphatic carbocycles. The van der Waals surface area contributed by atoms with E-state index in [2.05, 4.69) is 55.4 Å². The number of benzene rings is 1. The summed E-state index contributed by atoms with van der Waals surface area (Å²) >= 11 is 3.37. The van der Waals surface area contributed by atoms with E-state index >= 15 is 0 Å². The molecule has 0 aliphatic heterocycles. The zero-order valence-corrected chi connectivity index (χ0v) is 16.1. The van der Waals surface area contributed by atoms with Gasteiger partial charge in [0.2, 0.25) is 5.95 Å². The molecule has 0 aliphatic rings. The molecule has 0 amide bonds. The lowest BCUT2D eigenvalue weighted by molar-refractivity contribution is 0.627. The van der Waals surface area contributed by atoms with Crippen molar-refractivity contribution in [1.29, 1.82) is 0 Å². The van der Waals surface area contributed by atoms with Crippen LogP contribution < -0.4 is 10.6 Å². The molecular weight excluding hydrogens is 397 g/mol. The maximum absolute atomic E-state index is 13.3. The molecule has 3 aromatic rings. The zero-order chi connectivity index (χ0) is 18.5. The van der Waals surface area contributed by atoms with Crippen LogP contribution in [0.4, 0.5) is 21.8 Å². The van der Waals surface area contributed by atoms with E-state index in [-0.39, 0.29) is 11.9 Å². The Hall–Kier alpha value is -2.54. The van der Waals surface area contributed by atoms with Gasteiger partial charge >= 0.3 is 0 Å². The Bertz CT molecular complexity index is 888. The van der Waals surface area contributed by atoms with Gasteiger partial charge in [-0.25, -0.2) is 9.37 Å². The lowest BCUT2D eigenvalue weighted by Crippen LogP contribution is -2.16. The molecule has 7 heteroatoms. The van der Waals surface area contributed by atoms with Crippen LogP contribution in [0.15, 0.2) is 53.3 Å². The van der Waals surface area contributed by atoms with E-state index in [1.54, 1.807) is 18.5 Å². The number of rotatable bonds is 6. The van der Waals surface area contributed by atoms with Gasteiger partial charge in [-0.2, -0.15) is 4.98 Å². The lowest BCUT2D eigenvalue weighted by atomic mass is 10.2. The SMILES string of the molecule is CC[C@H](C)Nc1nc(Nc2ccc(F)cc2Br)cc(-c2ccncc2)n1. The van der Waals surface area contributed by atoms with E-state index < -0.39 is 0 Å². The van der Waals surface area contributed by atoms with Gasteiger partial charge in [-0.05, 0) is 59.6 Å². The monoisotopic (exact) mass is 415 g/mol. The maximum Gasteiger partial charge on any atom is 0.225 e. The predicted molar refractivity (Wildman–Crippen MR) is 106 cm³/mol. The molecule has 0 bridgehead atoms. The fourth-order valence-corrected chi connectivity index (χ4v) is 2.75. The van der Waals surface area contributed by atoms with Crippen molar-refractivity contribution >= 4 is 33.4 Å². The first-order valence-electron chi connectivity index (χ1n) is 8.33. The second kappa shape index (κ2) is 8.23. The third-order valence-corrected chi connectivity index (χ3v) is 4.54. The molecule has 3 rings (SSSR count). The highest BCUT2D eigenvalue weighted by atomic mass is 79.9. The molecule has 0 spiro atoms. The van der Waals surface area contributed by atoms with Crippen LogP contribution in [-0.4, -0.2) is 21.0 Å². The summed E-state index contributed by atoms with van der Waals surface area (Å²) in [7, 11) is 0. The molecule has 26 heavy (non-hydrogen) atoms. The normalized spacial score (nSPS) is 11.8. The van der Waals surface area contributed by atoms with Gasteiger partial charge in [-0.3, -0.25) is 4.98 Å². The summed E-state index contributed by atoms with van der Waals surface area (Å²) in [5.74, 6) is 0.848. The van der Waals surface area contributed by atoms with Crippen molar-refractivity contribution in [2.75, 3.05) is 10.6 Å². The van der Waals surface area contributed by atoms with Gasteiger partial charge in [-0.15, -0.1) is 0 Å². The van der Waals surface area contributed by atoms with E-state index in [1.807, 2.05) is 18.2 Å². The molecular formula is C19H19BrFN5. The molecule has 0 unspecified atom stereocenters. The van der Waals surface area contributed by atoms with Gasteiger partial charge in [0.25, 0.3) is 0 Å². The van der Waals surface area contributed by atoms with E-state index in [0.29, 0.717) is 16.2 Å². The van der Waals surface area contributed by atoms with Gasteiger partial charge in [0.15, 0.2) is 0 Å². The minimum atomic E-state index is -0.304.